The summed E-state index contributed by atoms with van der Waals surface area (Å²) in [5, 5.41) is 5.93. The summed E-state index contributed by atoms with van der Waals surface area (Å²) in [4.78, 5) is 11.2. The van der Waals surface area contributed by atoms with Gasteiger partial charge in [0.25, 0.3) is 0 Å². The molecular formula is C27H34ClN5O4S. The Labute approximate surface area is 229 Å². The van der Waals surface area contributed by atoms with E-state index < -0.39 is 15.1 Å². The van der Waals surface area contributed by atoms with Crippen LogP contribution in [0.15, 0.2) is 53.6 Å². The first-order chi connectivity index (χ1) is 18.0. The molecule has 1 aliphatic rings. The van der Waals surface area contributed by atoms with Gasteiger partial charge in [-0.2, -0.15) is 4.98 Å². The molecule has 0 bridgehead atoms. The number of likely N-dealkylation sites (N-methyl/N-ethyl adjacent to an activating group) is 1. The Bertz CT molecular complexity index is 1380. The Balaban J connectivity index is 1.59. The van der Waals surface area contributed by atoms with E-state index in [9.17, 15) is 8.42 Å². The summed E-state index contributed by atoms with van der Waals surface area (Å²) in [6.45, 7) is 9.09. The molecule has 1 aliphatic heterocycles. The molecule has 1 atom stereocenters. The fourth-order valence-electron chi connectivity index (χ4n) is 4.05. The lowest BCUT2D eigenvalue weighted by molar-refractivity contribution is 0.204. The lowest BCUT2D eigenvalue weighted by atomic mass is 10.2. The van der Waals surface area contributed by atoms with Crippen molar-refractivity contribution in [1.82, 2.24) is 14.9 Å². The van der Waals surface area contributed by atoms with Gasteiger partial charge in [0.15, 0.2) is 15.7 Å². The highest BCUT2D eigenvalue weighted by molar-refractivity contribution is 7.92. The second-order valence-corrected chi connectivity index (χ2v) is 12.7. The van der Waals surface area contributed by atoms with E-state index in [2.05, 4.69) is 32.5 Å². The van der Waals surface area contributed by atoms with Gasteiger partial charge < -0.3 is 25.0 Å². The lowest BCUT2D eigenvalue weighted by Crippen LogP contribution is -2.21. The summed E-state index contributed by atoms with van der Waals surface area (Å²) in [6, 6.07) is 12.3. The second kappa shape index (κ2) is 11.8. The monoisotopic (exact) mass is 559 g/mol. The number of rotatable bonds is 10. The molecule has 204 valence electrons. The summed E-state index contributed by atoms with van der Waals surface area (Å²) in [7, 11) is -1.44. The van der Waals surface area contributed by atoms with Gasteiger partial charge in [-0.05, 0) is 65.4 Å². The molecule has 0 unspecified atom stereocenters. The quantitative estimate of drug-likeness (QED) is 0.325. The standard InChI is InChI=1S/C27H34ClN5O4S/c1-17(2)36-24-14-19(37-20-12-13-33(5)16-20)10-11-22(24)31-27-29-15-21(28)26(32-27)30-23-8-6-7-9-25(23)38(34,35)18(3)4/h6-11,14-15,17-18,20H,12-13,16H2,1-5H3,(H2,29,30,31,32)/t20-/m1/s1. The van der Waals surface area contributed by atoms with Crippen molar-refractivity contribution in [3.05, 3.63) is 53.7 Å². The van der Waals surface area contributed by atoms with Crippen molar-refractivity contribution >= 4 is 44.6 Å². The van der Waals surface area contributed by atoms with Gasteiger partial charge in [-0.25, -0.2) is 13.4 Å². The van der Waals surface area contributed by atoms with E-state index in [1.54, 1.807) is 38.1 Å². The third-order valence-electron chi connectivity index (χ3n) is 6.02. The zero-order valence-electron chi connectivity index (χ0n) is 22.2. The predicted octanol–water partition coefficient (Wildman–Crippen LogP) is 5.67. The molecule has 2 heterocycles. The minimum Gasteiger partial charge on any atom is -0.489 e. The minimum atomic E-state index is -3.53. The Morgan fingerprint density at radius 3 is 2.53 bits per heavy atom. The third-order valence-corrected chi connectivity index (χ3v) is 8.51. The molecule has 0 saturated carbocycles. The van der Waals surface area contributed by atoms with Crippen LogP contribution < -0.4 is 20.1 Å². The van der Waals surface area contributed by atoms with E-state index >= 15 is 0 Å². The number of halogens is 1. The maximum Gasteiger partial charge on any atom is 0.229 e. The minimum absolute atomic E-state index is 0.0637. The zero-order valence-corrected chi connectivity index (χ0v) is 23.8. The van der Waals surface area contributed by atoms with Gasteiger partial charge in [-0.15, -0.1) is 0 Å². The molecule has 1 aromatic heterocycles. The van der Waals surface area contributed by atoms with Crippen molar-refractivity contribution in [3.63, 3.8) is 0 Å². The molecule has 3 aromatic rings. The molecule has 0 aliphatic carbocycles. The fraction of sp³-hybridized carbons (Fsp3) is 0.407. The van der Waals surface area contributed by atoms with E-state index in [4.69, 9.17) is 21.1 Å². The van der Waals surface area contributed by atoms with Crippen molar-refractivity contribution in [3.8, 4) is 11.5 Å². The topological polar surface area (TPSA) is 106 Å². The van der Waals surface area contributed by atoms with Gasteiger partial charge in [-0.1, -0.05) is 23.7 Å². The smallest absolute Gasteiger partial charge is 0.229 e. The summed E-state index contributed by atoms with van der Waals surface area (Å²) in [5.41, 5.74) is 1.04. The van der Waals surface area contributed by atoms with Crippen LogP contribution in [0.4, 0.5) is 23.1 Å². The van der Waals surface area contributed by atoms with Crippen LogP contribution in [0.25, 0.3) is 0 Å². The van der Waals surface area contributed by atoms with Crippen LogP contribution in [0, 0.1) is 0 Å². The molecular weight excluding hydrogens is 526 g/mol. The van der Waals surface area contributed by atoms with Crippen LogP contribution in [0.3, 0.4) is 0 Å². The Morgan fingerprint density at radius 2 is 1.84 bits per heavy atom. The molecule has 38 heavy (non-hydrogen) atoms. The largest absolute Gasteiger partial charge is 0.489 e. The van der Waals surface area contributed by atoms with Crippen LogP contribution in [0.2, 0.25) is 5.02 Å². The van der Waals surface area contributed by atoms with Gasteiger partial charge in [0.2, 0.25) is 5.95 Å². The van der Waals surface area contributed by atoms with Crippen molar-refractivity contribution in [2.75, 3.05) is 30.8 Å². The van der Waals surface area contributed by atoms with Crippen LogP contribution in [-0.2, 0) is 9.84 Å². The van der Waals surface area contributed by atoms with Crippen molar-refractivity contribution in [2.45, 2.75) is 56.5 Å². The average molecular weight is 560 g/mol. The van der Waals surface area contributed by atoms with E-state index in [1.807, 2.05) is 32.0 Å². The lowest BCUT2D eigenvalue weighted by Gasteiger charge is -2.19. The number of sulfone groups is 1. The number of ether oxygens (including phenoxy) is 2. The highest BCUT2D eigenvalue weighted by Crippen LogP contribution is 2.34. The first-order valence-corrected chi connectivity index (χ1v) is 14.5. The third kappa shape index (κ3) is 6.67. The molecule has 1 saturated heterocycles. The number of benzene rings is 2. The number of nitrogens with one attached hydrogen (secondary N) is 2. The summed E-state index contributed by atoms with van der Waals surface area (Å²) in [6.07, 6.45) is 2.51. The molecule has 4 rings (SSSR count). The Morgan fingerprint density at radius 1 is 1.08 bits per heavy atom. The summed E-state index contributed by atoms with van der Waals surface area (Å²) in [5.74, 6) is 1.87. The van der Waals surface area contributed by atoms with E-state index in [0.29, 0.717) is 17.1 Å². The average Bonchev–Trinajstić information content (AvgIpc) is 3.27. The van der Waals surface area contributed by atoms with E-state index in [1.165, 1.54) is 6.20 Å². The molecule has 2 N–H and O–H groups in total. The van der Waals surface area contributed by atoms with Crippen molar-refractivity contribution < 1.29 is 17.9 Å². The normalized spacial score (nSPS) is 16.2. The Kier molecular flexibility index (Phi) is 8.64. The Hall–Kier alpha value is -3.08. The van der Waals surface area contributed by atoms with Crippen LogP contribution in [0.5, 0.6) is 11.5 Å². The SMILES string of the molecule is CC(C)Oc1cc(O[C@@H]2CCN(C)C2)ccc1Nc1ncc(Cl)c(Nc2ccccc2S(=O)(=O)C(C)C)n1. The first kappa shape index (κ1) is 27.9. The maximum atomic E-state index is 12.9. The molecule has 11 heteroatoms. The number of likely N-dealkylation sites (tertiary alicyclic amines) is 1. The molecule has 1 fully saturated rings. The highest BCUT2D eigenvalue weighted by atomic mass is 35.5. The fourth-order valence-corrected chi connectivity index (χ4v) is 5.39. The second-order valence-electron chi connectivity index (χ2n) is 9.85. The number of hydrogen-bond acceptors (Lipinski definition) is 9. The van der Waals surface area contributed by atoms with Crippen molar-refractivity contribution in [1.29, 1.82) is 0 Å². The molecule has 0 amide bonds. The number of para-hydroxylation sites is 1. The van der Waals surface area contributed by atoms with Gasteiger partial charge in [0.05, 0.1) is 33.8 Å². The van der Waals surface area contributed by atoms with Crippen LogP contribution in [0.1, 0.15) is 34.1 Å². The number of anilines is 4. The van der Waals surface area contributed by atoms with Crippen LogP contribution in [-0.4, -0.2) is 60.9 Å². The summed E-state index contributed by atoms with van der Waals surface area (Å²) >= 11 is 6.38. The molecule has 2 aromatic carbocycles. The summed E-state index contributed by atoms with van der Waals surface area (Å²) < 4.78 is 38.0. The zero-order chi connectivity index (χ0) is 27.4. The molecule has 0 radical (unpaired) electrons. The highest BCUT2D eigenvalue weighted by Gasteiger charge is 2.24. The predicted molar refractivity (Wildman–Crippen MR) is 151 cm³/mol. The number of nitrogens with zero attached hydrogens (tertiary/aromatic N) is 3. The molecule has 9 nitrogen and oxygen atoms in total. The van der Waals surface area contributed by atoms with Crippen molar-refractivity contribution in [2.24, 2.45) is 0 Å². The maximum absolute atomic E-state index is 12.9. The first-order valence-electron chi connectivity index (χ1n) is 12.6. The molecule has 0 spiro atoms. The van der Waals surface area contributed by atoms with Crippen LogP contribution >= 0.6 is 11.6 Å². The number of aromatic nitrogens is 2. The van der Waals surface area contributed by atoms with E-state index in [-0.39, 0.29) is 33.9 Å². The van der Waals surface area contributed by atoms with E-state index in [0.717, 1.165) is 25.3 Å². The van der Waals surface area contributed by atoms with Gasteiger partial charge in [0, 0.05) is 19.2 Å². The van der Waals surface area contributed by atoms with Gasteiger partial charge in [-0.3, -0.25) is 0 Å². The van der Waals surface area contributed by atoms with Gasteiger partial charge in [0.1, 0.15) is 22.6 Å². The number of hydrogen-bond donors (Lipinski definition) is 2. The van der Waals surface area contributed by atoms with Gasteiger partial charge >= 0.3 is 0 Å².